The number of likely N-dealkylation sites (tertiary alicyclic amines) is 1. The van der Waals surface area contributed by atoms with E-state index in [2.05, 4.69) is 24.2 Å². The molecule has 1 aromatic rings. The molecule has 0 aromatic heterocycles. The van der Waals surface area contributed by atoms with Crippen LogP contribution in [0.4, 0.5) is 8.78 Å². The summed E-state index contributed by atoms with van der Waals surface area (Å²) in [6, 6.07) is 4.49. The predicted molar refractivity (Wildman–Crippen MR) is 77.6 cm³/mol. The van der Waals surface area contributed by atoms with Gasteiger partial charge in [-0.05, 0) is 69.6 Å². The molecule has 1 aliphatic heterocycles. The minimum absolute atomic E-state index is 0.170. The van der Waals surface area contributed by atoms with Crippen molar-refractivity contribution in [2.45, 2.75) is 32.2 Å². The first-order valence-electron chi connectivity index (χ1n) is 7.49. The second-order valence-electron chi connectivity index (χ2n) is 5.71. The first-order valence-corrected chi connectivity index (χ1v) is 7.49. The van der Waals surface area contributed by atoms with Crippen LogP contribution in [0.3, 0.4) is 0 Å². The highest BCUT2D eigenvalue weighted by atomic mass is 19.2. The maximum atomic E-state index is 13.5. The number of nitrogens with zero attached hydrogens (tertiary/aromatic N) is 1. The maximum absolute atomic E-state index is 13.5. The molecule has 1 heterocycles. The van der Waals surface area contributed by atoms with Crippen molar-refractivity contribution in [3.8, 4) is 0 Å². The summed E-state index contributed by atoms with van der Waals surface area (Å²) < 4.78 is 26.6. The Balaban J connectivity index is 2.15. The van der Waals surface area contributed by atoms with E-state index in [-0.39, 0.29) is 6.04 Å². The number of piperidine rings is 1. The van der Waals surface area contributed by atoms with E-state index in [4.69, 9.17) is 0 Å². The Morgan fingerprint density at radius 1 is 1.30 bits per heavy atom. The molecule has 1 N–H and O–H groups in total. The third-order valence-electron chi connectivity index (χ3n) is 4.13. The molecule has 2 unspecified atom stereocenters. The van der Waals surface area contributed by atoms with Crippen molar-refractivity contribution in [1.29, 1.82) is 0 Å². The van der Waals surface area contributed by atoms with Gasteiger partial charge in [-0.3, -0.25) is 4.90 Å². The Morgan fingerprint density at radius 2 is 2.10 bits per heavy atom. The average Bonchev–Trinajstić information content (AvgIpc) is 2.43. The van der Waals surface area contributed by atoms with Gasteiger partial charge in [-0.2, -0.15) is 0 Å². The SMILES string of the molecule is CCCNCC1CCCN(C)C1c1ccc(F)c(F)c1. The zero-order valence-electron chi connectivity index (χ0n) is 12.3. The average molecular weight is 282 g/mol. The molecule has 2 rings (SSSR count). The molecular formula is C16H24F2N2. The van der Waals surface area contributed by atoms with Gasteiger partial charge in [0.1, 0.15) is 0 Å². The highest BCUT2D eigenvalue weighted by Gasteiger charge is 2.30. The lowest BCUT2D eigenvalue weighted by atomic mass is 9.85. The van der Waals surface area contributed by atoms with Gasteiger partial charge in [0.15, 0.2) is 11.6 Å². The summed E-state index contributed by atoms with van der Waals surface area (Å²) in [4.78, 5) is 2.26. The van der Waals surface area contributed by atoms with Crippen molar-refractivity contribution in [2.75, 3.05) is 26.7 Å². The molecule has 0 radical (unpaired) electrons. The van der Waals surface area contributed by atoms with Crippen LogP contribution in [-0.4, -0.2) is 31.6 Å². The highest BCUT2D eigenvalue weighted by Crippen LogP contribution is 2.35. The normalized spacial score (nSPS) is 24.0. The Bertz CT molecular complexity index is 436. The molecule has 0 spiro atoms. The van der Waals surface area contributed by atoms with Gasteiger partial charge in [0, 0.05) is 6.04 Å². The summed E-state index contributed by atoms with van der Waals surface area (Å²) in [5.41, 5.74) is 0.884. The fourth-order valence-corrected chi connectivity index (χ4v) is 3.16. The van der Waals surface area contributed by atoms with Crippen molar-refractivity contribution >= 4 is 0 Å². The van der Waals surface area contributed by atoms with Crippen LogP contribution in [0.2, 0.25) is 0 Å². The van der Waals surface area contributed by atoms with Crippen LogP contribution in [0.5, 0.6) is 0 Å². The van der Waals surface area contributed by atoms with Crippen LogP contribution in [-0.2, 0) is 0 Å². The number of halogens is 2. The van der Waals surface area contributed by atoms with Crippen molar-refractivity contribution < 1.29 is 8.78 Å². The summed E-state index contributed by atoms with van der Waals surface area (Å²) in [5, 5.41) is 3.46. The molecule has 112 valence electrons. The van der Waals surface area contributed by atoms with Crippen LogP contribution in [0.15, 0.2) is 18.2 Å². The fraction of sp³-hybridized carbons (Fsp3) is 0.625. The quantitative estimate of drug-likeness (QED) is 0.833. The van der Waals surface area contributed by atoms with Crippen molar-refractivity contribution in [2.24, 2.45) is 5.92 Å². The largest absolute Gasteiger partial charge is 0.316 e. The van der Waals surface area contributed by atoms with E-state index in [0.717, 1.165) is 44.5 Å². The van der Waals surface area contributed by atoms with E-state index in [1.165, 1.54) is 12.1 Å². The van der Waals surface area contributed by atoms with Crippen LogP contribution in [0.1, 0.15) is 37.8 Å². The lowest BCUT2D eigenvalue weighted by molar-refractivity contribution is 0.119. The zero-order chi connectivity index (χ0) is 14.5. The molecule has 0 bridgehead atoms. The maximum Gasteiger partial charge on any atom is 0.159 e. The molecule has 0 amide bonds. The van der Waals surface area contributed by atoms with E-state index in [1.807, 2.05) is 0 Å². The van der Waals surface area contributed by atoms with Gasteiger partial charge < -0.3 is 5.32 Å². The van der Waals surface area contributed by atoms with Gasteiger partial charge in [0.2, 0.25) is 0 Å². The van der Waals surface area contributed by atoms with Crippen LogP contribution >= 0.6 is 0 Å². The minimum Gasteiger partial charge on any atom is -0.316 e. The van der Waals surface area contributed by atoms with E-state index >= 15 is 0 Å². The molecule has 2 nitrogen and oxygen atoms in total. The van der Waals surface area contributed by atoms with Gasteiger partial charge in [0.05, 0.1) is 0 Å². The van der Waals surface area contributed by atoms with E-state index < -0.39 is 11.6 Å². The lowest BCUT2D eigenvalue weighted by Gasteiger charge is -2.39. The van der Waals surface area contributed by atoms with Crippen molar-refractivity contribution in [3.05, 3.63) is 35.4 Å². The standard InChI is InChI=1S/C16H24F2N2/c1-3-8-19-11-13-5-4-9-20(2)16(13)12-6-7-14(17)15(18)10-12/h6-7,10,13,16,19H,3-5,8-9,11H2,1-2H3. The summed E-state index contributed by atoms with van der Waals surface area (Å²) in [6.07, 6.45) is 3.40. The Hall–Kier alpha value is -1.00. The third kappa shape index (κ3) is 3.55. The Kier molecular flexibility index (Phi) is 5.49. The summed E-state index contributed by atoms with van der Waals surface area (Å²) in [5.74, 6) is -1.07. The van der Waals surface area contributed by atoms with E-state index in [0.29, 0.717) is 5.92 Å². The molecule has 1 aromatic carbocycles. The number of hydrogen-bond donors (Lipinski definition) is 1. The van der Waals surface area contributed by atoms with Crippen LogP contribution in [0, 0.1) is 17.6 Å². The lowest BCUT2D eigenvalue weighted by Crippen LogP contribution is -2.40. The van der Waals surface area contributed by atoms with Gasteiger partial charge in [-0.15, -0.1) is 0 Å². The number of nitrogens with one attached hydrogen (secondary N) is 1. The molecule has 0 saturated carbocycles. The molecule has 4 heteroatoms. The Morgan fingerprint density at radius 3 is 2.80 bits per heavy atom. The van der Waals surface area contributed by atoms with E-state index in [1.54, 1.807) is 6.07 Å². The van der Waals surface area contributed by atoms with Gasteiger partial charge in [-0.1, -0.05) is 13.0 Å². The first-order chi connectivity index (χ1) is 9.63. The molecule has 2 atom stereocenters. The van der Waals surface area contributed by atoms with Crippen LogP contribution in [0.25, 0.3) is 0 Å². The minimum atomic E-state index is -0.770. The van der Waals surface area contributed by atoms with Crippen molar-refractivity contribution in [3.63, 3.8) is 0 Å². The zero-order valence-corrected chi connectivity index (χ0v) is 12.3. The topological polar surface area (TPSA) is 15.3 Å². The Labute approximate surface area is 120 Å². The van der Waals surface area contributed by atoms with Crippen molar-refractivity contribution in [1.82, 2.24) is 10.2 Å². The predicted octanol–water partition coefficient (Wildman–Crippen LogP) is 3.35. The van der Waals surface area contributed by atoms with Gasteiger partial charge in [-0.25, -0.2) is 8.78 Å². The molecular weight excluding hydrogens is 258 g/mol. The fourth-order valence-electron chi connectivity index (χ4n) is 3.16. The van der Waals surface area contributed by atoms with E-state index in [9.17, 15) is 8.78 Å². The summed E-state index contributed by atoms with van der Waals surface area (Å²) in [7, 11) is 2.07. The molecule has 1 aliphatic rings. The third-order valence-corrected chi connectivity index (χ3v) is 4.13. The monoisotopic (exact) mass is 282 g/mol. The van der Waals surface area contributed by atoms with Gasteiger partial charge >= 0.3 is 0 Å². The second-order valence-corrected chi connectivity index (χ2v) is 5.71. The first kappa shape index (κ1) is 15.4. The molecule has 1 fully saturated rings. The highest BCUT2D eigenvalue weighted by molar-refractivity contribution is 5.22. The molecule has 0 aliphatic carbocycles. The molecule has 20 heavy (non-hydrogen) atoms. The molecule has 1 saturated heterocycles. The summed E-state index contributed by atoms with van der Waals surface area (Å²) >= 11 is 0. The van der Waals surface area contributed by atoms with Gasteiger partial charge in [0.25, 0.3) is 0 Å². The second kappa shape index (κ2) is 7.14. The summed E-state index contributed by atoms with van der Waals surface area (Å²) in [6.45, 7) is 5.09. The number of hydrogen-bond acceptors (Lipinski definition) is 2. The smallest absolute Gasteiger partial charge is 0.159 e. The number of benzene rings is 1. The number of rotatable bonds is 5. The van der Waals surface area contributed by atoms with Crippen LogP contribution < -0.4 is 5.32 Å².